The molecule has 1 rings (SSSR count). The zero-order valence-electron chi connectivity index (χ0n) is 6.12. The number of carbonyl (C=O) groups excluding carboxylic acids is 1. The van der Waals surface area contributed by atoms with Crippen LogP contribution in [0.4, 0.5) is 0 Å². The van der Waals surface area contributed by atoms with E-state index in [9.17, 15) is 4.79 Å². The highest BCUT2D eigenvalue weighted by Gasteiger charge is 2.21. The van der Waals surface area contributed by atoms with Gasteiger partial charge in [-0.2, -0.15) is 0 Å². The molecule has 0 saturated heterocycles. The first-order valence-electron chi connectivity index (χ1n) is 3.22. The van der Waals surface area contributed by atoms with Crippen molar-refractivity contribution in [3.8, 4) is 0 Å². The van der Waals surface area contributed by atoms with E-state index in [1.165, 1.54) is 0 Å². The first kappa shape index (κ1) is 8.40. The van der Waals surface area contributed by atoms with Crippen LogP contribution < -0.4 is 0 Å². The van der Waals surface area contributed by atoms with Crippen LogP contribution in [0.1, 0.15) is 12.5 Å². The Balaban J connectivity index is 3.02. The Kier molecular flexibility index (Phi) is 2.39. The van der Waals surface area contributed by atoms with Crippen molar-refractivity contribution >= 4 is 22.2 Å². The Morgan fingerprint density at radius 1 is 1.73 bits per heavy atom. The van der Waals surface area contributed by atoms with Crippen molar-refractivity contribution in [1.82, 2.24) is 4.98 Å². The number of hydrogen-bond acceptors (Lipinski definition) is 2. The van der Waals surface area contributed by atoms with Crippen molar-refractivity contribution in [2.24, 2.45) is 0 Å². The highest BCUT2D eigenvalue weighted by Crippen LogP contribution is 2.26. The summed E-state index contributed by atoms with van der Waals surface area (Å²) in [6, 6.07) is 3.66. The number of aldehydes is 1. The second kappa shape index (κ2) is 3.13. The van der Waals surface area contributed by atoms with Gasteiger partial charge in [0.15, 0.2) is 0 Å². The predicted molar refractivity (Wildman–Crippen MR) is 46.6 cm³/mol. The molecule has 0 saturated carbocycles. The summed E-state index contributed by atoms with van der Waals surface area (Å²) in [5.74, 6) is 0. The average Bonchev–Trinajstić information content (AvgIpc) is 2.06. The number of hydrogen-bond donors (Lipinski definition) is 0. The summed E-state index contributed by atoms with van der Waals surface area (Å²) in [6.07, 6.45) is 4.20. The molecule has 0 bridgehead atoms. The normalized spacial score (nSPS) is 15.5. The zero-order chi connectivity index (χ0) is 8.32. The van der Waals surface area contributed by atoms with E-state index in [0.717, 1.165) is 11.8 Å². The molecule has 1 heterocycles. The van der Waals surface area contributed by atoms with Crippen LogP contribution in [-0.4, -0.2) is 11.3 Å². The van der Waals surface area contributed by atoms with Gasteiger partial charge in [-0.15, -0.1) is 0 Å². The van der Waals surface area contributed by atoms with Crippen LogP contribution in [0.3, 0.4) is 0 Å². The van der Waals surface area contributed by atoms with Gasteiger partial charge in [-0.1, -0.05) is 22.0 Å². The second-order valence-corrected chi connectivity index (χ2v) is 4.08. The van der Waals surface area contributed by atoms with E-state index in [2.05, 4.69) is 20.9 Å². The molecule has 1 unspecified atom stereocenters. The summed E-state index contributed by atoms with van der Waals surface area (Å²) in [4.78, 5) is 14.5. The quantitative estimate of drug-likeness (QED) is 0.555. The number of rotatable bonds is 2. The van der Waals surface area contributed by atoms with Crippen molar-refractivity contribution in [2.45, 2.75) is 11.2 Å². The summed E-state index contributed by atoms with van der Waals surface area (Å²) >= 11 is 3.28. The van der Waals surface area contributed by atoms with Gasteiger partial charge in [0.1, 0.15) is 10.6 Å². The van der Waals surface area contributed by atoms with Crippen molar-refractivity contribution in [3.63, 3.8) is 0 Å². The number of alkyl halides is 1. The summed E-state index contributed by atoms with van der Waals surface area (Å²) < 4.78 is -0.596. The lowest BCUT2D eigenvalue weighted by Crippen LogP contribution is -2.14. The minimum absolute atomic E-state index is 0.596. The molecule has 0 aromatic carbocycles. The Bertz CT molecular complexity index is 246. The molecule has 0 amide bonds. The van der Waals surface area contributed by atoms with Gasteiger partial charge < -0.3 is 4.79 Å². The number of aromatic nitrogens is 1. The van der Waals surface area contributed by atoms with E-state index in [4.69, 9.17) is 0 Å². The molecule has 2 nitrogen and oxygen atoms in total. The SMILES string of the molecule is CC(Br)(C=O)c1cccnc1. The maximum absolute atomic E-state index is 10.6. The third kappa shape index (κ3) is 1.87. The minimum atomic E-state index is -0.596. The Hall–Kier alpha value is -0.700. The summed E-state index contributed by atoms with van der Waals surface area (Å²) in [6.45, 7) is 1.79. The first-order valence-corrected chi connectivity index (χ1v) is 4.02. The van der Waals surface area contributed by atoms with Crippen LogP contribution in [0.15, 0.2) is 24.5 Å². The molecule has 1 aromatic heterocycles. The Labute approximate surface area is 73.8 Å². The van der Waals surface area contributed by atoms with Crippen LogP contribution in [0, 0.1) is 0 Å². The van der Waals surface area contributed by atoms with Gasteiger partial charge in [-0.3, -0.25) is 4.98 Å². The van der Waals surface area contributed by atoms with E-state index in [0.29, 0.717) is 0 Å². The van der Waals surface area contributed by atoms with E-state index in [-0.39, 0.29) is 0 Å². The van der Waals surface area contributed by atoms with Crippen LogP contribution in [0.25, 0.3) is 0 Å². The summed E-state index contributed by atoms with van der Waals surface area (Å²) in [5, 5.41) is 0. The van der Waals surface area contributed by atoms with E-state index < -0.39 is 4.32 Å². The molecular weight excluding hydrogens is 206 g/mol. The fourth-order valence-corrected chi connectivity index (χ4v) is 0.955. The van der Waals surface area contributed by atoms with E-state index in [1.54, 1.807) is 25.4 Å². The molecule has 0 fully saturated rings. The molecule has 0 spiro atoms. The lowest BCUT2D eigenvalue weighted by molar-refractivity contribution is -0.109. The van der Waals surface area contributed by atoms with Gasteiger partial charge in [-0.05, 0) is 18.6 Å². The highest BCUT2D eigenvalue weighted by molar-refractivity contribution is 9.10. The maximum Gasteiger partial charge on any atom is 0.140 e. The van der Waals surface area contributed by atoms with Crippen molar-refractivity contribution < 1.29 is 4.79 Å². The molecule has 1 atom stereocenters. The fraction of sp³-hybridized carbons (Fsp3) is 0.250. The monoisotopic (exact) mass is 213 g/mol. The summed E-state index contributed by atoms with van der Waals surface area (Å²) in [7, 11) is 0. The molecule has 0 aliphatic carbocycles. The molecule has 0 radical (unpaired) electrons. The molecule has 3 heteroatoms. The summed E-state index contributed by atoms with van der Waals surface area (Å²) in [5.41, 5.74) is 0.870. The van der Waals surface area contributed by atoms with Gasteiger partial charge in [-0.25, -0.2) is 0 Å². The van der Waals surface area contributed by atoms with Gasteiger partial charge in [0.2, 0.25) is 0 Å². The molecule has 0 aliphatic rings. The number of carbonyl (C=O) groups is 1. The number of pyridine rings is 1. The highest BCUT2D eigenvalue weighted by atomic mass is 79.9. The molecule has 11 heavy (non-hydrogen) atoms. The van der Waals surface area contributed by atoms with Gasteiger partial charge in [0, 0.05) is 12.4 Å². The van der Waals surface area contributed by atoms with Crippen LogP contribution >= 0.6 is 15.9 Å². The van der Waals surface area contributed by atoms with Gasteiger partial charge in [0.25, 0.3) is 0 Å². The number of nitrogens with zero attached hydrogens (tertiary/aromatic N) is 1. The smallest absolute Gasteiger partial charge is 0.140 e. The second-order valence-electron chi connectivity index (χ2n) is 2.44. The molecule has 1 aromatic rings. The van der Waals surface area contributed by atoms with Crippen molar-refractivity contribution in [2.75, 3.05) is 0 Å². The molecule has 0 aliphatic heterocycles. The first-order chi connectivity index (χ1) is 5.17. The van der Waals surface area contributed by atoms with E-state index >= 15 is 0 Å². The molecule has 0 N–H and O–H groups in total. The van der Waals surface area contributed by atoms with Crippen LogP contribution in [0.2, 0.25) is 0 Å². The van der Waals surface area contributed by atoms with Gasteiger partial charge >= 0.3 is 0 Å². The lowest BCUT2D eigenvalue weighted by atomic mass is 10.1. The predicted octanol–water partition coefficient (Wildman–Crippen LogP) is 1.89. The number of halogens is 1. The third-order valence-corrected chi connectivity index (χ3v) is 2.09. The molecule has 58 valence electrons. The fourth-order valence-electron chi connectivity index (χ4n) is 0.720. The zero-order valence-corrected chi connectivity index (χ0v) is 7.71. The topological polar surface area (TPSA) is 30.0 Å². The Morgan fingerprint density at radius 3 is 2.91 bits per heavy atom. The van der Waals surface area contributed by atoms with Crippen molar-refractivity contribution in [3.05, 3.63) is 30.1 Å². The van der Waals surface area contributed by atoms with E-state index in [1.807, 2.05) is 6.07 Å². The van der Waals surface area contributed by atoms with Crippen molar-refractivity contribution in [1.29, 1.82) is 0 Å². The minimum Gasteiger partial charge on any atom is -0.301 e. The van der Waals surface area contributed by atoms with Gasteiger partial charge in [0.05, 0.1) is 0 Å². The van der Waals surface area contributed by atoms with Crippen LogP contribution in [-0.2, 0) is 9.12 Å². The maximum atomic E-state index is 10.6. The van der Waals surface area contributed by atoms with Crippen LogP contribution in [0.5, 0.6) is 0 Å². The molecular formula is C8H8BrNO. The standard InChI is InChI=1S/C8H8BrNO/c1-8(9,6-11)7-3-2-4-10-5-7/h2-6H,1H3. The Morgan fingerprint density at radius 2 is 2.45 bits per heavy atom. The lowest BCUT2D eigenvalue weighted by Gasteiger charge is -2.13. The average molecular weight is 214 g/mol. The third-order valence-electron chi connectivity index (χ3n) is 1.45. The largest absolute Gasteiger partial charge is 0.301 e.